The van der Waals surface area contributed by atoms with E-state index in [1.165, 1.54) is 5.56 Å². The number of piperazine rings is 1. The van der Waals surface area contributed by atoms with E-state index in [-0.39, 0.29) is 5.91 Å². The number of hydrogen-bond donors (Lipinski definition) is 0. The number of nitrogens with zero attached hydrogens (tertiary/aromatic N) is 4. The van der Waals surface area contributed by atoms with E-state index in [0.29, 0.717) is 12.1 Å². The Morgan fingerprint density at radius 3 is 2.29 bits per heavy atom. The molecule has 1 aromatic rings. The van der Waals surface area contributed by atoms with Gasteiger partial charge in [0.2, 0.25) is 5.91 Å². The van der Waals surface area contributed by atoms with Gasteiger partial charge >= 0.3 is 0 Å². The van der Waals surface area contributed by atoms with E-state index in [0.717, 1.165) is 59.0 Å². The van der Waals surface area contributed by atoms with E-state index in [9.17, 15) is 4.79 Å². The molecule has 2 aliphatic heterocycles. The largest absolute Gasteiger partial charge is 0.379 e. The lowest BCUT2D eigenvalue weighted by molar-refractivity contribution is -0.135. The molecular weight excluding hydrogens is 304 g/mol. The zero-order chi connectivity index (χ0) is 16.8. The Labute approximate surface area is 143 Å². The molecule has 1 amide bonds. The van der Waals surface area contributed by atoms with Crippen molar-refractivity contribution in [2.75, 3.05) is 59.0 Å². The summed E-state index contributed by atoms with van der Waals surface area (Å²) in [5.41, 5.74) is 1.90. The van der Waals surface area contributed by atoms with Gasteiger partial charge in [-0.3, -0.25) is 14.6 Å². The van der Waals surface area contributed by atoms with Crippen LogP contribution in [0.15, 0.2) is 24.3 Å². The highest BCUT2D eigenvalue weighted by molar-refractivity contribution is 5.78. The highest BCUT2D eigenvalue weighted by Gasteiger charge is 2.23. The highest BCUT2D eigenvalue weighted by Crippen LogP contribution is 2.10. The summed E-state index contributed by atoms with van der Waals surface area (Å²) in [5.74, 6) is 0.231. The van der Waals surface area contributed by atoms with Gasteiger partial charge in [-0.2, -0.15) is 5.26 Å². The Morgan fingerprint density at radius 1 is 1.00 bits per heavy atom. The molecule has 6 nitrogen and oxygen atoms in total. The van der Waals surface area contributed by atoms with Crippen LogP contribution in [0.5, 0.6) is 0 Å². The predicted octanol–water partition coefficient (Wildman–Crippen LogP) is 0.535. The molecule has 2 fully saturated rings. The molecule has 128 valence electrons. The van der Waals surface area contributed by atoms with Gasteiger partial charge in [-0.05, 0) is 17.7 Å². The van der Waals surface area contributed by atoms with Crippen molar-refractivity contribution >= 4 is 5.91 Å². The predicted molar refractivity (Wildman–Crippen MR) is 90.3 cm³/mol. The second-order valence-corrected chi connectivity index (χ2v) is 6.35. The van der Waals surface area contributed by atoms with Gasteiger partial charge in [0.1, 0.15) is 0 Å². The van der Waals surface area contributed by atoms with E-state index in [2.05, 4.69) is 15.9 Å². The number of hydrogen-bond acceptors (Lipinski definition) is 5. The van der Waals surface area contributed by atoms with Crippen LogP contribution < -0.4 is 0 Å². The van der Waals surface area contributed by atoms with E-state index >= 15 is 0 Å². The standard InChI is InChI=1S/C18H24N4O2/c19-13-16-1-3-17(4-2-16)14-20-5-7-22(8-6-20)18(23)15-21-9-11-24-12-10-21/h1-4H,5-12,14-15H2. The summed E-state index contributed by atoms with van der Waals surface area (Å²) < 4.78 is 5.32. The molecule has 0 N–H and O–H groups in total. The van der Waals surface area contributed by atoms with Gasteiger partial charge in [0, 0.05) is 45.8 Å². The molecule has 3 rings (SSSR count). The second-order valence-electron chi connectivity index (χ2n) is 6.35. The molecule has 0 unspecified atom stereocenters. The van der Waals surface area contributed by atoms with Crippen molar-refractivity contribution in [1.82, 2.24) is 14.7 Å². The van der Waals surface area contributed by atoms with Gasteiger partial charge in [0.15, 0.2) is 0 Å². The van der Waals surface area contributed by atoms with Gasteiger partial charge < -0.3 is 9.64 Å². The molecule has 0 atom stereocenters. The zero-order valence-corrected chi connectivity index (χ0v) is 14.0. The van der Waals surface area contributed by atoms with Crippen LogP contribution in [0, 0.1) is 11.3 Å². The number of nitriles is 1. The average molecular weight is 328 g/mol. The van der Waals surface area contributed by atoms with Crippen molar-refractivity contribution < 1.29 is 9.53 Å². The molecule has 1 aromatic carbocycles. The fourth-order valence-electron chi connectivity index (χ4n) is 3.15. The van der Waals surface area contributed by atoms with E-state index in [1.54, 1.807) is 0 Å². The highest BCUT2D eigenvalue weighted by atomic mass is 16.5. The Bertz CT molecular complexity index is 582. The minimum Gasteiger partial charge on any atom is -0.379 e. The number of benzene rings is 1. The van der Waals surface area contributed by atoms with Crippen LogP contribution in [-0.2, 0) is 16.1 Å². The van der Waals surface area contributed by atoms with Gasteiger partial charge in [0.05, 0.1) is 31.4 Å². The third-order valence-electron chi connectivity index (χ3n) is 4.68. The van der Waals surface area contributed by atoms with E-state index < -0.39 is 0 Å². The first kappa shape index (κ1) is 16.9. The summed E-state index contributed by atoms with van der Waals surface area (Å²) in [6.07, 6.45) is 0. The lowest BCUT2D eigenvalue weighted by Crippen LogP contribution is -2.51. The summed E-state index contributed by atoms with van der Waals surface area (Å²) in [6, 6.07) is 9.87. The maximum absolute atomic E-state index is 12.4. The quantitative estimate of drug-likeness (QED) is 0.807. The number of ether oxygens (including phenoxy) is 1. The molecule has 2 heterocycles. The molecule has 0 aromatic heterocycles. The maximum Gasteiger partial charge on any atom is 0.236 e. The van der Waals surface area contributed by atoms with Crippen LogP contribution in [0.3, 0.4) is 0 Å². The van der Waals surface area contributed by atoms with Crippen molar-refractivity contribution in [3.63, 3.8) is 0 Å². The molecule has 24 heavy (non-hydrogen) atoms. The van der Waals surface area contributed by atoms with Gasteiger partial charge in [0.25, 0.3) is 0 Å². The Hall–Kier alpha value is -1.94. The van der Waals surface area contributed by atoms with Crippen LogP contribution in [0.1, 0.15) is 11.1 Å². The first-order valence-electron chi connectivity index (χ1n) is 8.54. The van der Waals surface area contributed by atoms with Gasteiger partial charge in [-0.25, -0.2) is 0 Å². The number of rotatable bonds is 4. The third-order valence-corrected chi connectivity index (χ3v) is 4.68. The Balaban J connectivity index is 1.43. The Kier molecular flexibility index (Phi) is 5.81. The van der Waals surface area contributed by atoms with Crippen molar-refractivity contribution in [2.24, 2.45) is 0 Å². The minimum absolute atomic E-state index is 0.231. The van der Waals surface area contributed by atoms with Crippen LogP contribution >= 0.6 is 0 Å². The molecular formula is C18H24N4O2. The average Bonchev–Trinajstić information content (AvgIpc) is 2.64. The van der Waals surface area contributed by atoms with Crippen molar-refractivity contribution in [2.45, 2.75) is 6.54 Å². The van der Waals surface area contributed by atoms with Crippen molar-refractivity contribution in [3.8, 4) is 6.07 Å². The summed E-state index contributed by atoms with van der Waals surface area (Å²) in [4.78, 5) is 18.9. The van der Waals surface area contributed by atoms with Crippen LogP contribution in [0.2, 0.25) is 0 Å². The summed E-state index contributed by atoms with van der Waals surface area (Å²) in [6.45, 7) is 7.92. The summed E-state index contributed by atoms with van der Waals surface area (Å²) in [7, 11) is 0. The first-order valence-corrected chi connectivity index (χ1v) is 8.54. The third kappa shape index (κ3) is 4.54. The molecule has 2 saturated heterocycles. The SMILES string of the molecule is N#Cc1ccc(CN2CCN(C(=O)CN3CCOCC3)CC2)cc1. The van der Waals surface area contributed by atoms with E-state index in [1.807, 2.05) is 29.2 Å². The number of morpholine rings is 1. The number of carbonyl (C=O) groups excluding carboxylic acids is 1. The first-order chi connectivity index (χ1) is 11.7. The van der Waals surface area contributed by atoms with Crippen molar-refractivity contribution in [1.29, 1.82) is 5.26 Å². The Morgan fingerprint density at radius 2 is 1.67 bits per heavy atom. The minimum atomic E-state index is 0.231. The van der Waals surface area contributed by atoms with Gasteiger partial charge in [-0.15, -0.1) is 0 Å². The van der Waals surface area contributed by atoms with Crippen LogP contribution in [0.4, 0.5) is 0 Å². The summed E-state index contributed by atoms with van der Waals surface area (Å²) in [5, 5.41) is 8.84. The fourth-order valence-corrected chi connectivity index (χ4v) is 3.15. The summed E-state index contributed by atoms with van der Waals surface area (Å²) >= 11 is 0. The number of carbonyl (C=O) groups is 1. The normalized spacial score (nSPS) is 19.9. The molecule has 0 aliphatic carbocycles. The smallest absolute Gasteiger partial charge is 0.236 e. The maximum atomic E-state index is 12.4. The zero-order valence-electron chi connectivity index (χ0n) is 14.0. The van der Waals surface area contributed by atoms with Crippen molar-refractivity contribution in [3.05, 3.63) is 35.4 Å². The fraction of sp³-hybridized carbons (Fsp3) is 0.556. The molecule has 6 heteroatoms. The molecule has 0 bridgehead atoms. The monoisotopic (exact) mass is 328 g/mol. The van der Waals surface area contributed by atoms with Gasteiger partial charge in [-0.1, -0.05) is 12.1 Å². The molecule has 0 spiro atoms. The second kappa shape index (κ2) is 8.25. The molecule has 2 aliphatic rings. The molecule has 0 saturated carbocycles. The lowest BCUT2D eigenvalue weighted by Gasteiger charge is -2.36. The number of amides is 1. The molecule has 0 radical (unpaired) electrons. The lowest BCUT2D eigenvalue weighted by atomic mass is 10.1. The van der Waals surface area contributed by atoms with Crippen LogP contribution in [0.25, 0.3) is 0 Å². The van der Waals surface area contributed by atoms with E-state index in [4.69, 9.17) is 10.00 Å². The van der Waals surface area contributed by atoms with Crippen LogP contribution in [-0.4, -0.2) is 79.6 Å². The topological polar surface area (TPSA) is 59.8 Å².